The average molecular weight is 336 g/mol. The van der Waals surface area contributed by atoms with Crippen LogP contribution >= 0.6 is 23.2 Å². The normalized spacial score (nSPS) is 12.7. The smallest absolute Gasteiger partial charge is 0.243 e. The van der Waals surface area contributed by atoms with Gasteiger partial charge in [0.15, 0.2) is 0 Å². The molecule has 0 saturated heterocycles. The van der Waals surface area contributed by atoms with Crippen LogP contribution in [0.1, 0.15) is 25.8 Å². The summed E-state index contributed by atoms with van der Waals surface area (Å²) in [5.74, 6) is 5.06. The molecule has 0 spiro atoms. The van der Waals surface area contributed by atoms with Gasteiger partial charge in [0.05, 0.1) is 10.0 Å². The maximum Gasteiger partial charge on any atom is 0.243 e. The quantitative estimate of drug-likeness (QED) is 0.830. The number of hydrogen-bond acceptors (Lipinski definition) is 3. The molecule has 1 aromatic rings. The van der Waals surface area contributed by atoms with E-state index in [4.69, 9.17) is 28.3 Å². The molecule has 0 aliphatic heterocycles. The number of rotatable bonds is 4. The highest BCUT2D eigenvalue weighted by molar-refractivity contribution is 7.89. The molecule has 0 bridgehead atoms. The molecule has 7 heteroatoms. The zero-order valence-electron chi connectivity index (χ0n) is 11.1. The van der Waals surface area contributed by atoms with E-state index in [0.717, 1.165) is 0 Å². The molecular weight excluding hydrogens is 321 g/mol. The summed E-state index contributed by atoms with van der Waals surface area (Å²) >= 11 is 12.0. The van der Waals surface area contributed by atoms with E-state index in [0.29, 0.717) is 12.0 Å². The monoisotopic (exact) mass is 335 g/mol. The molecule has 4 nitrogen and oxygen atoms in total. The van der Waals surface area contributed by atoms with Crippen LogP contribution in [0.3, 0.4) is 0 Å². The van der Waals surface area contributed by atoms with Crippen molar-refractivity contribution in [2.24, 2.45) is 0 Å². The SMILES string of the molecule is CCC(C)NS(=O)(=O)c1c(Cl)cc(C#CCO)cc1Cl. The first-order chi connectivity index (χ1) is 9.31. The Bertz CT molecular complexity index is 624. The minimum atomic E-state index is -3.78. The van der Waals surface area contributed by atoms with Gasteiger partial charge in [0.25, 0.3) is 0 Å². The van der Waals surface area contributed by atoms with Crippen molar-refractivity contribution < 1.29 is 13.5 Å². The van der Waals surface area contributed by atoms with Crippen molar-refractivity contribution in [1.82, 2.24) is 4.72 Å². The highest BCUT2D eigenvalue weighted by atomic mass is 35.5. The average Bonchev–Trinajstić information content (AvgIpc) is 2.34. The molecule has 0 radical (unpaired) electrons. The van der Waals surface area contributed by atoms with Gasteiger partial charge in [0, 0.05) is 11.6 Å². The van der Waals surface area contributed by atoms with Crippen molar-refractivity contribution in [1.29, 1.82) is 0 Å². The molecule has 2 N–H and O–H groups in total. The van der Waals surface area contributed by atoms with Crippen molar-refractivity contribution in [3.05, 3.63) is 27.7 Å². The third-order valence-corrected chi connectivity index (χ3v) is 5.06. The van der Waals surface area contributed by atoms with Crippen LogP contribution in [-0.2, 0) is 10.0 Å². The summed E-state index contributed by atoms with van der Waals surface area (Å²) in [5, 5.41) is 8.62. The molecule has 1 aromatic carbocycles. The van der Waals surface area contributed by atoms with Gasteiger partial charge in [-0.1, -0.05) is 42.0 Å². The van der Waals surface area contributed by atoms with Crippen LogP contribution in [0.2, 0.25) is 10.0 Å². The van der Waals surface area contributed by atoms with Crippen LogP contribution in [0.15, 0.2) is 17.0 Å². The number of halogens is 2. The number of hydrogen-bond donors (Lipinski definition) is 2. The Morgan fingerprint density at radius 1 is 1.35 bits per heavy atom. The van der Waals surface area contributed by atoms with Crippen molar-refractivity contribution in [3.63, 3.8) is 0 Å². The van der Waals surface area contributed by atoms with Gasteiger partial charge in [-0.25, -0.2) is 13.1 Å². The first-order valence-electron chi connectivity index (χ1n) is 5.93. The topological polar surface area (TPSA) is 66.4 Å². The fourth-order valence-corrected chi connectivity index (χ4v) is 3.98. The lowest BCUT2D eigenvalue weighted by Crippen LogP contribution is -2.32. The molecule has 0 amide bonds. The molecule has 110 valence electrons. The predicted molar refractivity (Wildman–Crippen MR) is 80.5 cm³/mol. The zero-order valence-corrected chi connectivity index (χ0v) is 13.4. The molecule has 1 atom stereocenters. The van der Waals surface area contributed by atoms with Crippen molar-refractivity contribution in [3.8, 4) is 11.8 Å². The fourth-order valence-electron chi connectivity index (χ4n) is 1.44. The Morgan fingerprint density at radius 2 is 1.90 bits per heavy atom. The third kappa shape index (κ3) is 4.37. The lowest BCUT2D eigenvalue weighted by molar-refractivity contribution is 0.350. The number of aliphatic hydroxyl groups excluding tert-OH is 1. The van der Waals surface area contributed by atoms with E-state index in [9.17, 15) is 8.42 Å². The number of sulfonamides is 1. The van der Waals surface area contributed by atoms with E-state index in [1.54, 1.807) is 6.92 Å². The first-order valence-corrected chi connectivity index (χ1v) is 8.16. The molecule has 20 heavy (non-hydrogen) atoms. The molecule has 0 fully saturated rings. The second kappa shape index (κ2) is 7.30. The van der Waals surface area contributed by atoms with Crippen LogP contribution < -0.4 is 4.72 Å². The molecule has 0 aliphatic rings. The Kier molecular flexibility index (Phi) is 6.31. The largest absolute Gasteiger partial charge is 0.384 e. The van der Waals surface area contributed by atoms with Gasteiger partial charge in [0.2, 0.25) is 10.0 Å². The summed E-state index contributed by atoms with van der Waals surface area (Å²) in [7, 11) is -3.78. The van der Waals surface area contributed by atoms with Crippen molar-refractivity contribution in [2.75, 3.05) is 6.61 Å². The van der Waals surface area contributed by atoms with Crippen LogP contribution in [0, 0.1) is 11.8 Å². The second-order valence-electron chi connectivity index (χ2n) is 4.16. The van der Waals surface area contributed by atoms with Crippen LogP contribution in [-0.4, -0.2) is 26.2 Å². The van der Waals surface area contributed by atoms with E-state index in [1.807, 2.05) is 6.92 Å². The second-order valence-corrected chi connectivity index (χ2v) is 6.62. The summed E-state index contributed by atoms with van der Waals surface area (Å²) in [5.41, 5.74) is 0.441. The maximum absolute atomic E-state index is 12.2. The number of nitrogens with one attached hydrogen (secondary N) is 1. The molecule has 1 rings (SSSR count). The van der Waals surface area contributed by atoms with Crippen molar-refractivity contribution >= 4 is 33.2 Å². The first kappa shape index (κ1) is 17.3. The lowest BCUT2D eigenvalue weighted by atomic mass is 10.2. The lowest BCUT2D eigenvalue weighted by Gasteiger charge is -2.14. The standard InChI is InChI=1S/C13H15Cl2NO3S/c1-3-9(2)16-20(18,19)13-11(14)7-10(5-4-6-17)8-12(13)15/h7-9,16-17H,3,6H2,1-2H3. The zero-order chi connectivity index (χ0) is 15.3. The van der Waals surface area contributed by atoms with E-state index in [2.05, 4.69) is 16.6 Å². The summed E-state index contributed by atoms with van der Waals surface area (Å²) in [6, 6.07) is 2.59. The molecule has 0 aliphatic carbocycles. The maximum atomic E-state index is 12.2. The Labute approximate surface area is 129 Å². The van der Waals surface area contributed by atoms with Gasteiger partial charge in [-0.15, -0.1) is 0 Å². The van der Waals surface area contributed by atoms with Crippen LogP contribution in [0.4, 0.5) is 0 Å². The number of aliphatic hydroxyl groups is 1. The van der Waals surface area contributed by atoms with Gasteiger partial charge in [0.1, 0.15) is 11.5 Å². The third-order valence-electron chi connectivity index (χ3n) is 2.55. The molecule has 0 aromatic heterocycles. The Balaban J connectivity index is 3.26. The van der Waals surface area contributed by atoms with E-state index in [-0.39, 0.29) is 27.6 Å². The predicted octanol–water partition coefficient (Wildman–Crippen LogP) is 2.41. The minimum absolute atomic E-state index is 0.00413. The molecule has 0 saturated carbocycles. The summed E-state index contributed by atoms with van der Waals surface area (Å²) in [6.45, 7) is 3.31. The molecular formula is C13H15Cl2NO3S. The highest BCUT2D eigenvalue weighted by Gasteiger charge is 2.23. The summed E-state index contributed by atoms with van der Waals surface area (Å²) < 4.78 is 26.9. The van der Waals surface area contributed by atoms with Gasteiger partial charge >= 0.3 is 0 Å². The van der Waals surface area contributed by atoms with Gasteiger partial charge < -0.3 is 5.11 Å². The van der Waals surface area contributed by atoms with Gasteiger partial charge in [-0.3, -0.25) is 0 Å². The van der Waals surface area contributed by atoms with E-state index < -0.39 is 10.0 Å². The molecule has 1 unspecified atom stereocenters. The van der Waals surface area contributed by atoms with Gasteiger partial charge in [-0.05, 0) is 25.5 Å². The number of benzene rings is 1. The van der Waals surface area contributed by atoms with Crippen LogP contribution in [0.25, 0.3) is 0 Å². The van der Waals surface area contributed by atoms with E-state index >= 15 is 0 Å². The van der Waals surface area contributed by atoms with Gasteiger partial charge in [-0.2, -0.15) is 0 Å². The molecule has 0 heterocycles. The minimum Gasteiger partial charge on any atom is -0.384 e. The van der Waals surface area contributed by atoms with Crippen molar-refractivity contribution in [2.45, 2.75) is 31.2 Å². The summed E-state index contributed by atoms with van der Waals surface area (Å²) in [4.78, 5) is -0.157. The summed E-state index contributed by atoms with van der Waals surface area (Å²) in [6.07, 6.45) is 0.647. The fraction of sp³-hybridized carbons (Fsp3) is 0.385. The highest BCUT2D eigenvalue weighted by Crippen LogP contribution is 2.30. The Morgan fingerprint density at radius 3 is 2.35 bits per heavy atom. The van der Waals surface area contributed by atoms with Crippen LogP contribution in [0.5, 0.6) is 0 Å². The van der Waals surface area contributed by atoms with E-state index in [1.165, 1.54) is 12.1 Å². The Hall–Kier alpha value is -0.770.